The Morgan fingerprint density at radius 3 is 2.23 bits per heavy atom. The number of nitrogens with zero attached hydrogens (tertiary/aromatic N) is 1. The van der Waals surface area contributed by atoms with Gasteiger partial charge >= 0.3 is 0 Å². The molecule has 0 aliphatic carbocycles. The van der Waals surface area contributed by atoms with Crippen LogP contribution in [0.15, 0.2) is 95.4 Å². The zero-order valence-corrected chi connectivity index (χ0v) is 16.0. The van der Waals surface area contributed by atoms with Gasteiger partial charge in [-0.25, -0.2) is 0 Å². The summed E-state index contributed by atoms with van der Waals surface area (Å²) in [5.74, 6) is 0. The van der Waals surface area contributed by atoms with Crippen molar-refractivity contribution in [3.63, 3.8) is 0 Å². The predicted octanol–water partition coefficient (Wildman–Crippen LogP) is 7.89. The second-order valence-corrected chi connectivity index (χ2v) is 8.16. The minimum absolute atomic E-state index is 0.943. The Balaban J connectivity index is 1.81. The van der Waals surface area contributed by atoms with Crippen LogP contribution in [-0.2, 0) is 0 Å². The summed E-state index contributed by atoms with van der Waals surface area (Å²) in [7, 11) is 0. The highest BCUT2D eigenvalue weighted by atomic mass is 16.3. The largest absolute Gasteiger partial charge is 0.455 e. The fraction of sp³-hybridized carbons (Fsp3) is 0. The van der Waals surface area contributed by atoms with Crippen LogP contribution in [0, 0.1) is 0 Å². The van der Waals surface area contributed by atoms with Crippen molar-refractivity contribution in [1.82, 2.24) is 4.40 Å². The first-order chi connectivity index (χ1) is 14.9. The Morgan fingerprint density at radius 2 is 1.30 bits per heavy atom. The molecule has 8 rings (SSSR count). The van der Waals surface area contributed by atoms with Crippen LogP contribution in [0.2, 0.25) is 0 Å². The van der Waals surface area contributed by atoms with E-state index in [1.165, 1.54) is 59.6 Å². The lowest BCUT2D eigenvalue weighted by atomic mass is 9.99. The van der Waals surface area contributed by atoms with Crippen LogP contribution in [0.1, 0.15) is 0 Å². The first-order valence-electron chi connectivity index (χ1n) is 10.3. The molecule has 2 heteroatoms. The number of para-hydroxylation sites is 2. The Kier molecular flexibility index (Phi) is 2.44. The highest BCUT2D eigenvalue weighted by Crippen LogP contribution is 2.46. The van der Waals surface area contributed by atoms with Crippen LogP contribution in [0.4, 0.5) is 0 Å². The van der Waals surface area contributed by atoms with Crippen molar-refractivity contribution in [2.75, 3.05) is 0 Å². The molecule has 0 spiro atoms. The van der Waals surface area contributed by atoms with Crippen LogP contribution in [0.5, 0.6) is 0 Å². The van der Waals surface area contributed by atoms with Crippen LogP contribution >= 0.6 is 0 Å². The second-order valence-electron chi connectivity index (χ2n) is 8.16. The molecule has 138 valence electrons. The van der Waals surface area contributed by atoms with E-state index in [1.807, 2.05) is 6.07 Å². The number of rotatable bonds is 0. The number of aromatic nitrogens is 1. The van der Waals surface area contributed by atoms with Gasteiger partial charge in [0.25, 0.3) is 0 Å². The lowest BCUT2D eigenvalue weighted by molar-refractivity contribution is 0.673. The lowest BCUT2D eigenvalue weighted by Crippen LogP contribution is -1.79. The van der Waals surface area contributed by atoms with Crippen LogP contribution in [0.25, 0.3) is 70.8 Å². The summed E-state index contributed by atoms with van der Waals surface area (Å²) < 4.78 is 8.90. The molecule has 3 aromatic heterocycles. The SMILES string of the molecule is c1ccc2c(c1)cc1c3ccccc3n3c4ccc5c6ccccc6oc5c4c2c13. The normalized spacial score (nSPS) is 12.7. The second kappa shape index (κ2) is 4.92. The molecule has 5 aromatic carbocycles. The molecular weight excluding hydrogens is 366 g/mol. The average Bonchev–Trinajstić information content (AvgIpc) is 3.44. The molecule has 30 heavy (non-hydrogen) atoms. The van der Waals surface area contributed by atoms with Gasteiger partial charge in [-0.3, -0.25) is 0 Å². The molecular formula is C28H15NO. The molecule has 0 amide bonds. The number of hydrogen-bond acceptors (Lipinski definition) is 1. The monoisotopic (exact) mass is 381 g/mol. The van der Waals surface area contributed by atoms with E-state index in [1.54, 1.807) is 0 Å². The Hall–Kier alpha value is -4.04. The van der Waals surface area contributed by atoms with Gasteiger partial charge < -0.3 is 8.82 Å². The van der Waals surface area contributed by atoms with Gasteiger partial charge in [-0.15, -0.1) is 0 Å². The summed E-state index contributed by atoms with van der Waals surface area (Å²) in [6.07, 6.45) is 0. The van der Waals surface area contributed by atoms with Crippen molar-refractivity contribution in [3.8, 4) is 0 Å². The van der Waals surface area contributed by atoms with Gasteiger partial charge in [0.15, 0.2) is 0 Å². The Bertz CT molecular complexity index is 1950. The first kappa shape index (κ1) is 14.9. The Labute approximate surface area is 170 Å². The van der Waals surface area contributed by atoms with E-state index >= 15 is 0 Å². The third kappa shape index (κ3) is 1.56. The Morgan fingerprint density at radius 1 is 0.533 bits per heavy atom. The van der Waals surface area contributed by atoms with E-state index in [2.05, 4.69) is 89.3 Å². The summed E-state index contributed by atoms with van der Waals surface area (Å²) in [6.45, 7) is 0. The van der Waals surface area contributed by atoms with Gasteiger partial charge in [0.1, 0.15) is 11.2 Å². The third-order valence-corrected chi connectivity index (χ3v) is 6.70. The number of benzene rings is 5. The predicted molar refractivity (Wildman–Crippen MR) is 126 cm³/mol. The summed E-state index contributed by atoms with van der Waals surface area (Å²) in [5, 5.41) is 10.0. The highest BCUT2D eigenvalue weighted by molar-refractivity contribution is 6.35. The zero-order chi connectivity index (χ0) is 19.4. The number of fused-ring (bicyclic) bond motifs is 12. The average molecular weight is 381 g/mol. The van der Waals surface area contributed by atoms with Gasteiger partial charge in [0.05, 0.1) is 21.9 Å². The van der Waals surface area contributed by atoms with E-state index < -0.39 is 0 Å². The summed E-state index contributed by atoms with van der Waals surface area (Å²) in [6, 6.07) is 32.6. The maximum atomic E-state index is 6.47. The topological polar surface area (TPSA) is 17.6 Å². The molecule has 0 saturated carbocycles. The van der Waals surface area contributed by atoms with Crippen molar-refractivity contribution in [3.05, 3.63) is 91.0 Å². The standard InChI is InChI=1S/C28H15NO/c1-2-8-17-16(7-1)15-21-18-9-3-5-11-22(18)29-23-14-13-20-19-10-4-6-12-24(19)30-28(20)26(23)25(17)27(21)29/h1-15H. The molecule has 0 saturated heterocycles. The quantitative estimate of drug-likeness (QED) is 0.261. The molecule has 0 aliphatic heterocycles. The van der Waals surface area contributed by atoms with E-state index in [9.17, 15) is 0 Å². The smallest absolute Gasteiger partial charge is 0.145 e. The minimum Gasteiger partial charge on any atom is -0.455 e. The molecule has 2 nitrogen and oxygen atoms in total. The van der Waals surface area contributed by atoms with Gasteiger partial charge in [-0.2, -0.15) is 0 Å². The van der Waals surface area contributed by atoms with Crippen molar-refractivity contribution in [1.29, 1.82) is 0 Å². The van der Waals surface area contributed by atoms with Crippen molar-refractivity contribution >= 4 is 70.8 Å². The van der Waals surface area contributed by atoms with E-state index in [-0.39, 0.29) is 0 Å². The maximum absolute atomic E-state index is 6.47. The molecule has 0 atom stereocenters. The molecule has 8 aromatic rings. The molecule has 0 unspecified atom stereocenters. The summed E-state index contributed by atoms with van der Waals surface area (Å²) in [4.78, 5) is 0. The van der Waals surface area contributed by atoms with E-state index in [4.69, 9.17) is 4.42 Å². The maximum Gasteiger partial charge on any atom is 0.145 e. The van der Waals surface area contributed by atoms with Crippen LogP contribution in [0.3, 0.4) is 0 Å². The highest BCUT2D eigenvalue weighted by Gasteiger charge is 2.22. The van der Waals surface area contributed by atoms with Crippen LogP contribution in [-0.4, -0.2) is 4.40 Å². The summed E-state index contributed by atoms with van der Waals surface area (Å²) >= 11 is 0. The van der Waals surface area contributed by atoms with Gasteiger partial charge in [0.2, 0.25) is 0 Å². The lowest BCUT2D eigenvalue weighted by Gasteiger charge is -2.02. The van der Waals surface area contributed by atoms with Gasteiger partial charge in [-0.1, -0.05) is 60.7 Å². The van der Waals surface area contributed by atoms with E-state index in [0.29, 0.717) is 0 Å². The molecule has 0 aliphatic rings. The first-order valence-corrected chi connectivity index (χ1v) is 10.3. The fourth-order valence-electron chi connectivity index (χ4n) is 5.50. The van der Waals surface area contributed by atoms with E-state index in [0.717, 1.165) is 11.2 Å². The van der Waals surface area contributed by atoms with Crippen LogP contribution < -0.4 is 0 Å². The molecule has 0 fully saturated rings. The van der Waals surface area contributed by atoms with Crippen molar-refractivity contribution < 1.29 is 4.42 Å². The van der Waals surface area contributed by atoms with Gasteiger partial charge in [-0.05, 0) is 41.1 Å². The third-order valence-electron chi connectivity index (χ3n) is 6.70. The molecule has 3 heterocycles. The molecule has 0 N–H and O–H groups in total. The van der Waals surface area contributed by atoms with Gasteiger partial charge in [0, 0.05) is 26.9 Å². The zero-order valence-electron chi connectivity index (χ0n) is 16.0. The molecule has 0 radical (unpaired) electrons. The fourth-order valence-corrected chi connectivity index (χ4v) is 5.50. The number of hydrogen-bond donors (Lipinski definition) is 0. The minimum atomic E-state index is 0.943. The molecule has 0 bridgehead atoms. The van der Waals surface area contributed by atoms with Crippen molar-refractivity contribution in [2.24, 2.45) is 0 Å². The summed E-state index contributed by atoms with van der Waals surface area (Å²) in [5.41, 5.74) is 5.67. The number of furan rings is 1. The van der Waals surface area contributed by atoms with Crippen molar-refractivity contribution in [2.45, 2.75) is 0 Å².